The molecule has 0 unspecified atom stereocenters. The Bertz CT molecular complexity index is 1550. The molecule has 5 rings (SSSR count). The highest BCUT2D eigenvalue weighted by Crippen LogP contribution is 2.28. The molecule has 0 aliphatic rings. The normalized spacial score (nSPS) is 11.6. The fourth-order valence-corrected chi connectivity index (χ4v) is 4.55. The zero-order chi connectivity index (χ0) is 24.0. The van der Waals surface area contributed by atoms with E-state index in [1.807, 2.05) is 58.3 Å². The fourth-order valence-electron chi connectivity index (χ4n) is 4.32. The van der Waals surface area contributed by atoms with Crippen LogP contribution in [0.3, 0.4) is 0 Å². The van der Waals surface area contributed by atoms with Crippen molar-refractivity contribution in [2.45, 2.75) is 26.3 Å². The number of aryl methyl sites for hydroxylation is 2. The van der Waals surface area contributed by atoms with Crippen LogP contribution in [0.15, 0.2) is 60.9 Å². The molecule has 0 fully saturated rings. The van der Waals surface area contributed by atoms with Crippen molar-refractivity contribution in [3.8, 4) is 22.8 Å². The fraction of sp³-hybridized carbons (Fsp3) is 0.231. The molecule has 0 amide bonds. The van der Waals surface area contributed by atoms with Crippen LogP contribution < -0.4 is 5.62 Å². The molecule has 1 N–H and O–H groups in total. The summed E-state index contributed by atoms with van der Waals surface area (Å²) in [6.07, 6.45) is 3.61. The Morgan fingerprint density at radius 3 is 2.41 bits per heavy atom. The van der Waals surface area contributed by atoms with E-state index in [1.54, 1.807) is 6.20 Å². The van der Waals surface area contributed by atoms with Crippen LogP contribution in [-0.2, 0) is 20.6 Å². The zero-order valence-electron chi connectivity index (χ0n) is 19.6. The summed E-state index contributed by atoms with van der Waals surface area (Å²) in [7, 11) is 3.80. The molecule has 0 saturated carbocycles. The van der Waals surface area contributed by atoms with E-state index in [0.29, 0.717) is 29.1 Å². The lowest BCUT2D eigenvalue weighted by Crippen LogP contribution is -2.23. The average molecular weight is 472 g/mol. The van der Waals surface area contributed by atoms with E-state index in [1.165, 1.54) is 5.56 Å². The Balaban J connectivity index is 1.55. The van der Waals surface area contributed by atoms with Crippen molar-refractivity contribution in [1.82, 2.24) is 28.7 Å². The molecule has 3 heterocycles. The topological polar surface area (TPSA) is 77.3 Å². The van der Waals surface area contributed by atoms with Crippen LogP contribution in [0.4, 0.5) is 0 Å². The standard InChI is InChI=1S/C26H26ClN7/c1-16(2)19-7-5-6-8-20(19)23-29-13-21-25(31-23)34(26(28)33(21)4)14-17-9-11-18(12-10-17)24-30-22(27)15-32(24)3/h5-13,15-16,28H,14H2,1-4H3. The van der Waals surface area contributed by atoms with Crippen LogP contribution in [0.25, 0.3) is 33.9 Å². The van der Waals surface area contributed by atoms with Crippen LogP contribution in [0.2, 0.25) is 5.15 Å². The lowest BCUT2D eigenvalue weighted by molar-refractivity contribution is 0.691. The molecule has 3 aromatic heterocycles. The van der Waals surface area contributed by atoms with Gasteiger partial charge in [0, 0.05) is 31.4 Å². The molecule has 172 valence electrons. The van der Waals surface area contributed by atoms with E-state index < -0.39 is 0 Å². The molecule has 0 spiro atoms. The lowest BCUT2D eigenvalue weighted by atomic mass is 9.97. The van der Waals surface area contributed by atoms with Crippen LogP contribution in [0, 0.1) is 5.41 Å². The summed E-state index contributed by atoms with van der Waals surface area (Å²) >= 11 is 6.04. The number of nitrogens with one attached hydrogen (secondary N) is 1. The SMILES string of the molecule is CC(C)c1ccccc1-c1ncc2c(n1)n(Cc1ccc(-c3nc(Cl)cn3C)cc1)c(=N)n2C. The van der Waals surface area contributed by atoms with Gasteiger partial charge in [-0.05, 0) is 17.0 Å². The number of benzene rings is 2. The maximum absolute atomic E-state index is 8.70. The van der Waals surface area contributed by atoms with Gasteiger partial charge in [-0.1, -0.05) is 74.0 Å². The number of hydrogen-bond donors (Lipinski definition) is 1. The molecule has 0 aliphatic heterocycles. The number of hydrogen-bond acceptors (Lipinski definition) is 4. The molecule has 7 nitrogen and oxygen atoms in total. The molecule has 34 heavy (non-hydrogen) atoms. The third-order valence-electron chi connectivity index (χ3n) is 6.16. The van der Waals surface area contributed by atoms with Gasteiger partial charge >= 0.3 is 0 Å². The first-order valence-electron chi connectivity index (χ1n) is 11.2. The van der Waals surface area contributed by atoms with Gasteiger partial charge in [0.2, 0.25) is 5.62 Å². The van der Waals surface area contributed by atoms with E-state index in [9.17, 15) is 0 Å². The minimum absolute atomic E-state index is 0.359. The molecule has 8 heteroatoms. The summed E-state index contributed by atoms with van der Waals surface area (Å²) < 4.78 is 5.65. The Hall–Kier alpha value is -3.71. The van der Waals surface area contributed by atoms with Crippen molar-refractivity contribution in [2.24, 2.45) is 14.1 Å². The minimum atomic E-state index is 0.359. The van der Waals surface area contributed by atoms with E-state index in [2.05, 4.69) is 48.1 Å². The Morgan fingerprint density at radius 1 is 1.00 bits per heavy atom. The second-order valence-electron chi connectivity index (χ2n) is 8.81. The first kappa shape index (κ1) is 22.1. The highest BCUT2D eigenvalue weighted by molar-refractivity contribution is 6.29. The highest BCUT2D eigenvalue weighted by Gasteiger charge is 2.16. The second-order valence-corrected chi connectivity index (χ2v) is 9.20. The summed E-state index contributed by atoms with van der Waals surface area (Å²) in [4.78, 5) is 14.0. The Morgan fingerprint density at radius 2 is 1.74 bits per heavy atom. The van der Waals surface area contributed by atoms with Gasteiger partial charge in [-0.2, -0.15) is 0 Å². The number of aromatic nitrogens is 6. The molecule has 5 aromatic rings. The van der Waals surface area contributed by atoms with Crippen molar-refractivity contribution >= 4 is 22.8 Å². The molecule has 0 saturated heterocycles. The number of halogens is 1. The highest BCUT2D eigenvalue weighted by atomic mass is 35.5. The second kappa shape index (κ2) is 8.57. The quantitative estimate of drug-likeness (QED) is 0.385. The van der Waals surface area contributed by atoms with Gasteiger partial charge in [-0.15, -0.1) is 0 Å². The van der Waals surface area contributed by atoms with E-state index in [-0.39, 0.29) is 0 Å². The lowest BCUT2D eigenvalue weighted by Gasteiger charge is -2.12. The first-order chi connectivity index (χ1) is 16.3. The van der Waals surface area contributed by atoms with Crippen LogP contribution in [0.5, 0.6) is 0 Å². The molecule has 0 aliphatic carbocycles. The Labute approximate surface area is 202 Å². The maximum atomic E-state index is 8.70. The van der Waals surface area contributed by atoms with Crippen molar-refractivity contribution in [1.29, 1.82) is 5.41 Å². The summed E-state index contributed by atoms with van der Waals surface area (Å²) in [5.74, 6) is 1.85. The van der Waals surface area contributed by atoms with Crippen molar-refractivity contribution in [2.75, 3.05) is 0 Å². The van der Waals surface area contributed by atoms with Crippen molar-refractivity contribution < 1.29 is 0 Å². The number of rotatable bonds is 5. The summed E-state index contributed by atoms with van der Waals surface area (Å²) in [6.45, 7) is 4.87. The summed E-state index contributed by atoms with van der Waals surface area (Å²) in [5, 5.41) is 9.17. The monoisotopic (exact) mass is 471 g/mol. The third-order valence-corrected chi connectivity index (χ3v) is 6.35. The molecule has 0 atom stereocenters. The van der Waals surface area contributed by atoms with E-state index >= 15 is 0 Å². The smallest absolute Gasteiger partial charge is 0.204 e. The molecule has 2 aromatic carbocycles. The third kappa shape index (κ3) is 3.82. The maximum Gasteiger partial charge on any atom is 0.204 e. The predicted molar refractivity (Wildman–Crippen MR) is 135 cm³/mol. The number of imidazole rings is 2. The summed E-state index contributed by atoms with van der Waals surface area (Å²) in [6, 6.07) is 16.4. The Kier molecular flexibility index (Phi) is 5.57. The number of nitrogens with zero attached hydrogens (tertiary/aromatic N) is 6. The van der Waals surface area contributed by atoms with Gasteiger partial charge in [-0.25, -0.2) is 15.0 Å². The summed E-state index contributed by atoms with van der Waals surface area (Å²) in [5.41, 5.74) is 6.24. The van der Waals surface area contributed by atoms with Crippen LogP contribution in [0.1, 0.15) is 30.9 Å². The molecular weight excluding hydrogens is 446 g/mol. The van der Waals surface area contributed by atoms with Gasteiger partial charge < -0.3 is 9.13 Å². The van der Waals surface area contributed by atoms with Crippen molar-refractivity contribution in [3.63, 3.8) is 0 Å². The molecule has 0 radical (unpaired) electrons. The predicted octanol–water partition coefficient (Wildman–Crippen LogP) is 5.14. The molecular formula is C26H26ClN7. The molecule has 0 bridgehead atoms. The first-order valence-corrected chi connectivity index (χ1v) is 11.6. The van der Waals surface area contributed by atoms with Crippen LogP contribution in [-0.4, -0.2) is 28.7 Å². The zero-order valence-corrected chi connectivity index (χ0v) is 20.4. The van der Waals surface area contributed by atoms with Gasteiger partial charge in [0.1, 0.15) is 16.5 Å². The van der Waals surface area contributed by atoms with Crippen LogP contribution >= 0.6 is 11.6 Å². The van der Waals surface area contributed by atoms with Gasteiger partial charge in [0.05, 0.1) is 12.7 Å². The van der Waals surface area contributed by atoms with Crippen molar-refractivity contribution in [3.05, 3.63) is 82.8 Å². The minimum Gasteiger partial charge on any atom is -0.332 e. The van der Waals surface area contributed by atoms with Gasteiger partial charge in [0.25, 0.3) is 0 Å². The van der Waals surface area contributed by atoms with E-state index in [0.717, 1.165) is 33.7 Å². The largest absolute Gasteiger partial charge is 0.332 e. The average Bonchev–Trinajstić information content (AvgIpc) is 3.30. The number of fused-ring (bicyclic) bond motifs is 1. The van der Waals surface area contributed by atoms with Gasteiger partial charge in [-0.3, -0.25) is 9.98 Å². The van der Waals surface area contributed by atoms with E-state index in [4.69, 9.17) is 22.0 Å². The van der Waals surface area contributed by atoms with Gasteiger partial charge in [0.15, 0.2) is 11.5 Å².